The van der Waals surface area contributed by atoms with Crippen LogP contribution >= 0.6 is 0 Å². The van der Waals surface area contributed by atoms with Crippen LogP contribution in [0.25, 0.3) is 0 Å². The van der Waals surface area contributed by atoms with Gasteiger partial charge in [-0.05, 0) is 56.2 Å². The number of benzene rings is 2. The van der Waals surface area contributed by atoms with Crippen LogP contribution in [-0.2, 0) is 0 Å². The number of nitriles is 1. The fourth-order valence-corrected chi connectivity index (χ4v) is 2.08. The van der Waals surface area contributed by atoms with Gasteiger partial charge >= 0.3 is 0 Å². The normalized spacial score (nSPS) is 10.0. The van der Waals surface area contributed by atoms with E-state index in [9.17, 15) is 10.1 Å². The van der Waals surface area contributed by atoms with E-state index in [1.807, 2.05) is 13.8 Å². The van der Waals surface area contributed by atoms with Gasteiger partial charge in [0, 0.05) is 5.56 Å². The second-order valence-electron chi connectivity index (χ2n) is 4.85. The summed E-state index contributed by atoms with van der Waals surface area (Å²) in [5.74, 6) is 0.990. The standard InChI is InChI=1S/C16H14N2O3/c1-10-7-14(5-4-13(10)9-17)21-16-8-15(18(19)20)11(2)6-12(16)3/h4-8H,1-3H3. The van der Waals surface area contributed by atoms with Gasteiger partial charge in [-0.3, -0.25) is 10.1 Å². The van der Waals surface area contributed by atoms with Crippen LogP contribution in [0.4, 0.5) is 5.69 Å². The molecule has 0 saturated heterocycles. The topological polar surface area (TPSA) is 76.2 Å². The Hall–Kier alpha value is -2.87. The van der Waals surface area contributed by atoms with Crippen molar-refractivity contribution in [1.82, 2.24) is 0 Å². The van der Waals surface area contributed by atoms with Crippen molar-refractivity contribution in [2.45, 2.75) is 20.8 Å². The third kappa shape index (κ3) is 3.00. The van der Waals surface area contributed by atoms with Gasteiger partial charge in [0.05, 0.1) is 22.6 Å². The zero-order valence-corrected chi connectivity index (χ0v) is 12.0. The molecule has 0 N–H and O–H groups in total. The number of hydrogen-bond donors (Lipinski definition) is 0. The monoisotopic (exact) mass is 282 g/mol. The molecule has 0 aliphatic heterocycles. The molecular weight excluding hydrogens is 268 g/mol. The van der Waals surface area contributed by atoms with E-state index in [0.29, 0.717) is 22.6 Å². The molecule has 0 fully saturated rings. The Kier molecular flexibility index (Phi) is 3.90. The molecule has 0 aliphatic carbocycles. The Balaban J connectivity index is 2.40. The maximum atomic E-state index is 11.0. The summed E-state index contributed by atoms with van der Waals surface area (Å²) in [5.41, 5.74) is 2.82. The Morgan fingerprint density at radius 3 is 2.38 bits per heavy atom. The highest BCUT2D eigenvalue weighted by atomic mass is 16.6. The van der Waals surface area contributed by atoms with E-state index in [4.69, 9.17) is 10.00 Å². The largest absolute Gasteiger partial charge is 0.457 e. The Bertz CT molecular complexity index is 761. The van der Waals surface area contributed by atoms with Crippen LogP contribution in [-0.4, -0.2) is 4.92 Å². The molecule has 2 rings (SSSR count). The quantitative estimate of drug-likeness (QED) is 0.625. The number of nitro benzene ring substituents is 1. The van der Waals surface area contributed by atoms with Crippen LogP contribution in [0.2, 0.25) is 0 Å². The lowest BCUT2D eigenvalue weighted by molar-refractivity contribution is -0.385. The van der Waals surface area contributed by atoms with E-state index < -0.39 is 4.92 Å². The Morgan fingerprint density at radius 2 is 1.81 bits per heavy atom. The van der Waals surface area contributed by atoms with Gasteiger partial charge in [0.2, 0.25) is 0 Å². The average molecular weight is 282 g/mol. The molecule has 0 unspecified atom stereocenters. The molecule has 5 heteroatoms. The van der Waals surface area contributed by atoms with Crippen LogP contribution in [0.5, 0.6) is 11.5 Å². The van der Waals surface area contributed by atoms with Crippen molar-refractivity contribution in [3.63, 3.8) is 0 Å². The maximum absolute atomic E-state index is 11.0. The molecule has 0 radical (unpaired) electrons. The molecule has 0 heterocycles. The first-order chi connectivity index (χ1) is 9.92. The van der Waals surface area contributed by atoms with Crippen molar-refractivity contribution < 1.29 is 9.66 Å². The summed E-state index contributed by atoms with van der Waals surface area (Å²) < 4.78 is 5.72. The van der Waals surface area contributed by atoms with Gasteiger partial charge in [0.15, 0.2) is 0 Å². The molecule has 2 aromatic rings. The minimum Gasteiger partial charge on any atom is -0.457 e. The summed E-state index contributed by atoms with van der Waals surface area (Å²) in [6.07, 6.45) is 0. The number of rotatable bonds is 3. The van der Waals surface area contributed by atoms with Gasteiger partial charge < -0.3 is 4.74 Å². The molecule has 0 bridgehead atoms. The molecule has 0 saturated carbocycles. The molecule has 106 valence electrons. The molecular formula is C16H14N2O3. The summed E-state index contributed by atoms with van der Waals surface area (Å²) in [5, 5.41) is 19.9. The lowest BCUT2D eigenvalue weighted by Crippen LogP contribution is -1.96. The van der Waals surface area contributed by atoms with Crippen LogP contribution in [0.15, 0.2) is 30.3 Å². The third-order valence-electron chi connectivity index (χ3n) is 3.24. The van der Waals surface area contributed by atoms with Crippen molar-refractivity contribution >= 4 is 5.69 Å². The lowest BCUT2D eigenvalue weighted by atomic mass is 10.1. The number of aryl methyl sites for hydroxylation is 3. The van der Waals surface area contributed by atoms with Crippen molar-refractivity contribution in [2.75, 3.05) is 0 Å². The molecule has 0 spiro atoms. The van der Waals surface area contributed by atoms with E-state index in [2.05, 4.69) is 6.07 Å². The van der Waals surface area contributed by atoms with Gasteiger partial charge in [-0.15, -0.1) is 0 Å². The smallest absolute Gasteiger partial charge is 0.276 e. The molecule has 0 atom stereocenters. The first-order valence-corrected chi connectivity index (χ1v) is 6.36. The molecule has 0 aliphatic rings. The second-order valence-corrected chi connectivity index (χ2v) is 4.85. The second kappa shape index (κ2) is 5.63. The molecule has 0 amide bonds. The highest BCUT2D eigenvalue weighted by Gasteiger charge is 2.15. The van der Waals surface area contributed by atoms with Crippen molar-refractivity contribution in [3.8, 4) is 17.6 Å². The molecule has 5 nitrogen and oxygen atoms in total. The van der Waals surface area contributed by atoms with Crippen LogP contribution in [0.3, 0.4) is 0 Å². The van der Waals surface area contributed by atoms with E-state index in [0.717, 1.165) is 11.1 Å². The molecule has 0 aromatic heterocycles. The average Bonchev–Trinajstić information content (AvgIpc) is 2.41. The highest BCUT2D eigenvalue weighted by Crippen LogP contribution is 2.32. The summed E-state index contributed by atoms with van der Waals surface area (Å²) in [7, 11) is 0. The molecule has 21 heavy (non-hydrogen) atoms. The number of hydrogen-bond acceptors (Lipinski definition) is 4. The van der Waals surface area contributed by atoms with Crippen LogP contribution < -0.4 is 4.74 Å². The first-order valence-electron chi connectivity index (χ1n) is 6.36. The Morgan fingerprint density at radius 1 is 1.10 bits per heavy atom. The number of nitrogens with zero attached hydrogens (tertiary/aromatic N) is 2. The Labute approximate surface area is 122 Å². The van der Waals surface area contributed by atoms with Gasteiger partial charge in [-0.25, -0.2) is 0 Å². The van der Waals surface area contributed by atoms with Crippen molar-refractivity contribution in [3.05, 3.63) is 62.7 Å². The van der Waals surface area contributed by atoms with Crippen molar-refractivity contribution in [1.29, 1.82) is 5.26 Å². The predicted molar refractivity (Wildman–Crippen MR) is 78.5 cm³/mol. The predicted octanol–water partition coefficient (Wildman–Crippen LogP) is 4.18. The van der Waals surface area contributed by atoms with E-state index >= 15 is 0 Å². The lowest BCUT2D eigenvalue weighted by Gasteiger charge is -2.10. The number of ether oxygens (including phenoxy) is 1. The van der Waals surface area contributed by atoms with Crippen molar-refractivity contribution in [2.24, 2.45) is 0 Å². The fraction of sp³-hybridized carbons (Fsp3) is 0.188. The highest BCUT2D eigenvalue weighted by molar-refractivity contribution is 5.51. The number of nitro groups is 1. The maximum Gasteiger partial charge on any atom is 0.276 e. The van der Waals surface area contributed by atoms with E-state index in [1.165, 1.54) is 6.07 Å². The summed E-state index contributed by atoms with van der Waals surface area (Å²) in [6.45, 7) is 5.35. The van der Waals surface area contributed by atoms with Gasteiger partial charge in [-0.2, -0.15) is 5.26 Å². The van der Waals surface area contributed by atoms with Gasteiger partial charge in [-0.1, -0.05) is 0 Å². The van der Waals surface area contributed by atoms with E-state index in [1.54, 1.807) is 31.2 Å². The fourth-order valence-electron chi connectivity index (χ4n) is 2.08. The molecule has 2 aromatic carbocycles. The van der Waals surface area contributed by atoms with Gasteiger partial charge in [0.25, 0.3) is 5.69 Å². The third-order valence-corrected chi connectivity index (χ3v) is 3.24. The minimum absolute atomic E-state index is 0.0287. The van der Waals surface area contributed by atoms with Gasteiger partial charge in [0.1, 0.15) is 11.5 Å². The van der Waals surface area contributed by atoms with E-state index in [-0.39, 0.29) is 5.69 Å². The van der Waals surface area contributed by atoms with Crippen LogP contribution in [0, 0.1) is 42.2 Å². The summed E-state index contributed by atoms with van der Waals surface area (Å²) >= 11 is 0. The zero-order chi connectivity index (χ0) is 15.6. The summed E-state index contributed by atoms with van der Waals surface area (Å²) in [4.78, 5) is 10.6. The van der Waals surface area contributed by atoms with Crippen LogP contribution in [0.1, 0.15) is 22.3 Å². The minimum atomic E-state index is -0.425. The SMILES string of the molecule is Cc1cc(Oc2cc([N+](=O)[O-])c(C)cc2C)ccc1C#N. The first kappa shape index (κ1) is 14.5. The zero-order valence-electron chi connectivity index (χ0n) is 12.0. The summed E-state index contributed by atoms with van der Waals surface area (Å²) in [6, 6.07) is 10.3.